The molecule has 32 heavy (non-hydrogen) atoms. The molecule has 0 bridgehead atoms. The largest absolute Gasteiger partial charge is 0.455 e. The number of hydrogen-bond donors (Lipinski definition) is 0. The van der Waals surface area contributed by atoms with Gasteiger partial charge in [-0.25, -0.2) is 4.98 Å². The lowest BCUT2D eigenvalue weighted by Gasteiger charge is -2.24. The zero-order chi connectivity index (χ0) is 21.9. The molecule has 0 unspecified atom stereocenters. The van der Waals surface area contributed by atoms with Crippen molar-refractivity contribution in [1.82, 2.24) is 9.55 Å². The summed E-state index contributed by atoms with van der Waals surface area (Å²) in [6.45, 7) is 2.20. The van der Waals surface area contributed by atoms with Gasteiger partial charge >= 0.3 is 0 Å². The van der Waals surface area contributed by atoms with Crippen molar-refractivity contribution in [2.24, 2.45) is 0 Å². The zero-order valence-electron chi connectivity index (χ0n) is 17.2. The molecule has 0 saturated carbocycles. The smallest absolute Gasteiger partial charge is 0.150 e. The van der Waals surface area contributed by atoms with E-state index in [4.69, 9.17) is 26.1 Å². The predicted octanol–water partition coefficient (Wildman–Crippen LogP) is 6.79. The second-order valence-corrected chi connectivity index (χ2v) is 8.84. The first-order valence-corrected chi connectivity index (χ1v) is 11.5. The first-order chi connectivity index (χ1) is 15.7. The van der Waals surface area contributed by atoms with Gasteiger partial charge in [0.1, 0.15) is 22.9 Å². The van der Waals surface area contributed by atoms with Gasteiger partial charge < -0.3 is 18.9 Å². The summed E-state index contributed by atoms with van der Waals surface area (Å²) in [4.78, 5) is 6.93. The van der Waals surface area contributed by atoms with E-state index in [0.29, 0.717) is 31.4 Å². The molecule has 162 valence electrons. The summed E-state index contributed by atoms with van der Waals surface area (Å²) in [6.07, 6.45) is 1.95. The van der Waals surface area contributed by atoms with Crippen molar-refractivity contribution in [3.8, 4) is 11.5 Å². The van der Waals surface area contributed by atoms with E-state index in [0.717, 1.165) is 38.7 Å². The van der Waals surface area contributed by atoms with Crippen LogP contribution >= 0.6 is 27.5 Å². The van der Waals surface area contributed by atoms with Crippen LogP contribution < -0.4 is 9.64 Å². The SMILES string of the molecule is Clc1ccc2c(c1)N(Cc1nc(Br)cn1COCc1ccccc1)Cc1ccccc1O2. The fourth-order valence-electron chi connectivity index (χ4n) is 3.77. The average molecular weight is 511 g/mol. The molecule has 1 aliphatic heterocycles. The van der Waals surface area contributed by atoms with Crippen molar-refractivity contribution in [2.75, 3.05) is 4.90 Å². The highest BCUT2D eigenvalue weighted by Gasteiger charge is 2.23. The van der Waals surface area contributed by atoms with Gasteiger partial charge in [0.15, 0.2) is 5.75 Å². The molecular weight excluding hydrogens is 490 g/mol. The molecule has 5 nitrogen and oxygen atoms in total. The molecule has 0 radical (unpaired) electrons. The Morgan fingerprint density at radius 2 is 1.81 bits per heavy atom. The fraction of sp³-hybridized carbons (Fsp3) is 0.160. The van der Waals surface area contributed by atoms with E-state index in [1.165, 1.54) is 0 Å². The number of hydrogen-bond acceptors (Lipinski definition) is 4. The molecule has 0 saturated heterocycles. The van der Waals surface area contributed by atoms with Crippen molar-refractivity contribution in [3.05, 3.63) is 106 Å². The minimum Gasteiger partial charge on any atom is -0.455 e. The standard InChI is InChI=1S/C25H21BrClN3O2/c26-24-14-30(17-31-16-18-6-2-1-3-7-18)25(28-24)15-29-13-19-8-4-5-9-22(19)32-23-11-10-20(27)12-21(23)29/h1-12,14H,13,15-17H2. The van der Waals surface area contributed by atoms with Crippen LogP contribution in [0.15, 0.2) is 83.6 Å². The summed E-state index contributed by atoms with van der Waals surface area (Å²) in [5.74, 6) is 2.52. The number of aromatic nitrogens is 2. The molecule has 0 amide bonds. The maximum Gasteiger partial charge on any atom is 0.150 e. The Morgan fingerprint density at radius 1 is 1.00 bits per heavy atom. The molecule has 1 aromatic heterocycles. The maximum absolute atomic E-state index is 6.34. The van der Waals surface area contributed by atoms with E-state index < -0.39 is 0 Å². The van der Waals surface area contributed by atoms with Crippen LogP contribution in [0.2, 0.25) is 5.02 Å². The summed E-state index contributed by atoms with van der Waals surface area (Å²) in [7, 11) is 0. The summed E-state index contributed by atoms with van der Waals surface area (Å²) in [6, 6.07) is 23.9. The van der Waals surface area contributed by atoms with Gasteiger partial charge in [-0.3, -0.25) is 0 Å². The molecule has 7 heteroatoms. The van der Waals surface area contributed by atoms with Gasteiger partial charge in [0, 0.05) is 23.3 Å². The van der Waals surface area contributed by atoms with Crippen molar-refractivity contribution in [3.63, 3.8) is 0 Å². The van der Waals surface area contributed by atoms with Gasteiger partial charge in [0.25, 0.3) is 0 Å². The summed E-state index contributed by atoms with van der Waals surface area (Å²) < 4.78 is 15.0. The first kappa shape index (κ1) is 21.1. The van der Waals surface area contributed by atoms with Gasteiger partial charge in [0.05, 0.1) is 18.8 Å². The van der Waals surface area contributed by atoms with Crippen LogP contribution in [0, 0.1) is 0 Å². The monoisotopic (exact) mass is 509 g/mol. The van der Waals surface area contributed by atoms with Gasteiger partial charge in [-0.05, 0) is 45.8 Å². The Labute approximate surface area is 200 Å². The highest BCUT2D eigenvalue weighted by Crippen LogP contribution is 2.40. The molecule has 5 rings (SSSR count). The second-order valence-electron chi connectivity index (χ2n) is 7.59. The van der Waals surface area contributed by atoms with Gasteiger partial charge in [-0.2, -0.15) is 0 Å². The maximum atomic E-state index is 6.34. The van der Waals surface area contributed by atoms with E-state index in [1.54, 1.807) is 0 Å². The minimum atomic E-state index is 0.409. The normalized spacial score (nSPS) is 12.6. The predicted molar refractivity (Wildman–Crippen MR) is 129 cm³/mol. The van der Waals surface area contributed by atoms with Crippen molar-refractivity contribution in [2.45, 2.75) is 26.4 Å². The molecule has 2 heterocycles. The molecule has 0 atom stereocenters. The summed E-state index contributed by atoms with van der Waals surface area (Å²) in [5.41, 5.74) is 3.18. The number of fused-ring (bicyclic) bond motifs is 2. The fourth-order valence-corrected chi connectivity index (χ4v) is 4.39. The number of rotatable bonds is 6. The van der Waals surface area contributed by atoms with E-state index >= 15 is 0 Å². The third-order valence-electron chi connectivity index (χ3n) is 5.32. The van der Waals surface area contributed by atoms with Gasteiger partial charge in [-0.1, -0.05) is 60.1 Å². The number of ether oxygens (including phenoxy) is 2. The lowest BCUT2D eigenvalue weighted by molar-refractivity contribution is 0.0621. The minimum absolute atomic E-state index is 0.409. The molecule has 4 aromatic rings. The number of halogens is 2. The van der Waals surface area contributed by atoms with E-state index in [2.05, 4.69) is 39.0 Å². The summed E-state index contributed by atoms with van der Waals surface area (Å²) in [5, 5.41) is 0.666. The van der Waals surface area contributed by atoms with Crippen LogP contribution in [0.1, 0.15) is 17.0 Å². The Bertz CT molecular complexity index is 1230. The highest BCUT2D eigenvalue weighted by atomic mass is 79.9. The van der Waals surface area contributed by atoms with Crippen molar-refractivity contribution >= 4 is 33.2 Å². The van der Waals surface area contributed by atoms with Crippen LogP contribution in [0.4, 0.5) is 5.69 Å². The molecule has 1 aliphatic rings. The first-order valence-electron chi connectivity index (χ1n) is 10.3. The highest BCUT2D eigenvalue weighted by molar-refractivity contribution is 9.10. The van der Waals surface area contributed by atoms with Crippen LogP contribution in [0.3, 0.4) is 0 Å². The Hall–Kier alpha value is -2.80. The van der Waals surface area contributed by atoms with Crippen LogP contribution in [-0.4, -0.2) is 9.55 Å². The van der Waals surface area contributed by atoms with Gasteiger partial charge in [0.2, 0.25) is 0 Å². The lowest BCUT2D eigenvalue weighted by Crippen LogP contribution is -2.24. The number of imidazole rings is 1. The van der Waals surface area contributed by atoms with Gasteiger partial charge in [-0.15, -0.1) is 0 Å². The quantitative estimate of drug-likeness (QED) is 0.286. The van der Waals surface area contributed by atoms with Crippen LogP contribution in [-0.2, 0) is 31.2 Å². The molecular formula is C25H21BrClN3O2. The molecule has 0 spiro atoms. The number of nitrogens with zero attached hydrogens (tertiary/aromatic N) is 3. The number of anilines is 1. The third kappa shape index (κ3) is 4.67. The van der Waals surface area contributed by atoms with E-state index in [-0.39, 0.29) is 0 Å². The zero-order valence-corrected chi connectivity index (χ0v) is 19.6. The average Bonchev–Trinajstić information content (AvgIpc) is 3.06. The Kier molecular flexibility index (Phi) is 6.17. The Morgan fingerprint density at radius 3 is 2.69 bits per heavy atom. The van der Waals surface area contributed by atoms with E-state index in [1.807, 2.05) is 65.4 Å². The summed E-state index contributed by atoms with van der Waals surface area (Å²) >= 11 is 9.86. The number of para-hydroxylation sites is 1. The molecule has 0 N–H and O–H groups in total. The second kappa shape index (κ2) is 9.36. The third-order valence-corrected chi connectivity index (χ3v) is 5.94. The molecule has 3 aromatic carbocycles. The lowest BCUT2D eigenvalue weighted by atomic mass is 10.2. The Balaban J connectivity index is 1.40. The van der Waals surface area contributed by atoms with Crippen molar-refractivity contribution < 1.29 is 9.47 Å². The van der Waals surface area contributed by atoms with Crippen LogP contribution in [0.5, 0.6) is 11.5 Å². The number of benzene rings is 3. The molecule has 0 aliphatic carbocycles. The topological polar surface area (TPSA) is 39.5 Å². The van der Waals surface area contributed by atoms with Crippen molar-refractivity contribution in [1.29, 1.82) is 0 Å². The van der Waals surface area contributed by atoms with Crippen LogP contribution in [0.25, 0.3) is 0 Å². The van der Waals surface area contributed by atoms with E-state index in [9.17, 15) is 0 Å². The molecule has 0 fully saturated rings.